The number of nitrogens with zero attached hydrogens (tertiary/aromatic N) is 2. The fourth-order valence-corrected chi connectivity index (χ4v) is 6.08. The van der Waals surface area contributed by atoms with E-state index in [0.29, 0.717) is 16.9 Å². The van der Waals surface area contributed by atoms with Gasteiger partial charge in [-0.3, -0.25) is 14.4 Å². The molecule has 2 heterocycles. The second kappa shape index (κ2) is 9.68. The van der Waals surface area contributed by atoms with E-state index in [1.54, 1.807) is 66.7 Å². The Morgan fingerprint density at radius 1 is 0.744 bits per heavy atom. The highest BCUT2D eigenvalue weighted by atomic mass is 32.2. The molecule has 4 aromatic rings. The molecule has 3 atom stereocenters. The molecule has 2 aliphatic heterocycles. The van der Waals surface area contributed by atoms with Gasteiger partial charge in [-0.25, -0.2) is 9.96 Å². The van der Waals surface area contributed by atoms with Crippen molar-refractivity contribution in [2.75, 3.05) is 9.96 Å². The molecule has 0 N–H and O–H groups in total. The first-order valence-electron chi connectivity index (χ1n) is 12.4. The second-order valence-corrected chi connectivity index (χ2v) is 10.9. The average molecular weight is 541 g/mol. The lowest BCUT2D eigenvalue weighted by Gasteiger charge is -2.29. The molecule has 0 bridgehead atoms. The Morgan fingerprint density at radius 3 is 2.10 bits per heavy atom. The average Bonchev–Trinajstić information content (AvgIpc) is 3.45. The fraction of sp³-hybridized carbons (Fsp3) is 0.133. The summed E-state index contributed by atoms with van der Waals surface area (Å²) in [6, 6.07) is 29.8. The molecule has 2 amide bonds. The molecule has 0 spiro atoms. The van der Waals surface area contributed by atoms with Crippen LogP contribution in [-0.4, -0.2) is 26.3 Å². The lowest BCUT2D eigenvalue weighted by molar-refractivity contribution is -0.126. The number of rotatable bonds is 6. The van der Waals surface area contributed by atoms with Crippen molar-refractivity contribution in [2.24, 2.45) is 5.92 Å². The van der Waals surface area contributed by atoms with Crippen LogP contribution in [0, 0.1) is 12.8 Å². The number of benzene rings is 4. The van der Waals surface area contributed by atoms with Crippen molar-refractivity contribution < 1.29 is 27.0 Å². The molecule has 196 valence electrons. The number of carbonyl (C=O) groups is 2. The number of anilines is 2. The predicted octanol–water partition coefficient (Wildman–Crippen LogP) is 4.81. The van der Waals surface area contributed by atoms with Crippen molar-refractivity contribution in [1.29, 1.82) is 0 Å². The zero-order valence-electron chi connectivity index (χ0n) is 20.9. The smallest absolute Gasteiger partial charge is 0.339 e. The van der Waals surface area contributed by atoms with Crippen molar-refractivity contribution in [1.82, 2.24) is 0 Å². The number of aryl methyl sites for hydroxylation is 1. The second-order valence-electron chi connectivity index (χ2n) is 9.40. The number of hydrogen-bond donors (Lipinski definition) is 0. The Bertz CT molecular complexity index is 1660. The molecule has 0 radical (unpaired) electrons. The maximum Gasteiger partial charge on any atom is 0.339 e. The quantitative estimate of drug-likeness (QED) is 0.256. The van der Waals surface area contributed by atoms with E-state index in [1.165, 1.54) is 23.3 Å². The standard InChI is InChI=1S/C30H24N2O6S/c1-20-11-10-14-22(19-20)31-29(33)26-27(32(37-28(26)30(31)34)21-12-4-2-5-13-21)24-17-8-9-18-25(24)38-39(35,36)23-15-6-3-7-16-23/h2-19,26-28H,1H3/t26-,27+,28+/m0/s1. The van der Waals surface area contributed by atoms with Gasteiger partial charge in [0.05, 0.1) is 17.4 Å². The zero-order valence-corrected chi connectivity index (χ0v) is 21.7. The molecule has 0 aliphatic carbocycles. The van der Waals surface area contributed by atoms with Gasteiger partial charge in [-0.2, -0.15) is 8.42 Å². The van der Waals surface area contributed by atoms with Crippen LogP contribution in [0.4, 0.5) is 11.4 Å². The van der Waals surface area contributed by atoms with E-state index >= 15 is 0 Å². The SMILES string of the molecule is Cc1cccc(N2C(=O)[C@H]3[C@@H](c4ccccc4OS(=O)(=O)c4ccccc4)N(c4ccccc4)O[C@H]3C2=O)c1. The Labute approximate surface area is 226 Å². The Hall–Kier alpha value is -4.47. The minimum absolute atomic E-state index is 0.00184. The van der Waals surface area contributed by atoms with Gasteiger partial charge in [-0.1, -0.05) is 66.7 Å². The van der Waals surface area contributed by atoms with Crippen LogP contribution in [0.1, 0.15) is 17.2 Å². The molecule has 6 rings (SSSR count). The van der Waals surface area contributed by atoms with Crippen LogP contribution in [0.3, 0.4) is 0 Å². The summed E-state index contributed by atoms with van der Waals surface area (Å²) in [5.74, 6) is -1.80. The van der Waals surface area contributed by atoms with Crippen molar-refractivity contribution >= 4 is 33.3 Å². The zero-order chi connectivity index (χ0) is 27.1. The number of para-hydroxylation sites is 2. The molecular formula is C30H24N2O6S. The molecule has 8 nitrogen and oxygen atoms in total. The summed E-state index contributed by atoms with van der Waals surface area (Å²) >= 11 is 0. The maximum absolute atomic E-state index is 13.9. The summed E-state index contributed by atoms with van der Waals surface area (Å²) in [5.41, 5.74) is 2.38. The third-order valence-electron chi connectivity index (χ3n) is 6.85. The Kier molecular flexibility index (Phi) is 6.17. The lowest BCUT2D eigenvalue weighted by Crippen LogP contribution is -2.37. The first-order chi connectivity index (χ1) is 18.8. The number of fused-ring (bicyclic) bond motifs is 1. The number of carbonyl (C=O) groups excluding carboxylic acids is 2. The number of hydroxylamine groups is 1. The summed E-state index contributed by atoms with van der Waals surface area (Å²) in [5, 5.41) is 1.51. The van der Waals surface area contributed by atoms with Gasteiger partial charge in [0.15, 0.2) is 6.10 Å². The van der Waals surface area contributed by atoms with Crippen LogP contribution in [0.25, 0.3) is 0 Å². The minimum Gasteiger partial charge on any atom is -0.379 e. The largest absolute Gasteiger partial charge is 0.379 e. The van der Waals surface area contributed by atoms with Gasteiger partial charge in [-0.15, -0.1) is 0 Å². The van der Waals surface area contributed by atoms with Gasteiger partial charge in [0, 0.05) is 5.56 Å². The van der Waals surface area contributed by atoms with E-state index in [1.807, 2.05) is 31.2 Å². The van der Waals surface area contributed by atoms with Gasteiger partial charge in [-0.05, 0) is 55.0 Å². The van der Waals surface area contributed by atoms with Crippen LogP contribution >= 0.6 is 0 Å². The predicted molar refractivity (Wildman–Crippen MR) is 144 cm³/mol. The summed E-state index contributed by atoms with van der Waals surface area (Å²) < 4.78 is 31.9. The van der Waals surface area contributed by atoms with Crippen LogP contribution in [0.2, 0.25) is 0 Å². The van der Waals surface area contributed by atoms with Crippen molar-refractivity contribution in [3.63, 3.8) is 0 Å². The lowest BCUT2D eigenvalue weighted by atomic mass is 9.90. The van der Waals surface area contributed by atoms with E-state index in [2.05, 4.69) is 0 Å². The topological polar surface area (TPSA) is 93.2 Å². The van der Waals surface area contributed by atoms with Crippen molar-refractivity contribution in [3.8, 4) is 5.75 Å². The molecule has 2 aliphatic rings. The van der Waals surface area contributed by atoms with Gasteiger partial charge < -0.3 is 4.18 Å². The molecule has 2 fully saturated rings. The maximum atomic E-state index is 13.9. The molecule has 4 aromatic carbocycles. The molecular weight excluding hydrogens is 516 g/mol. The summed E-state index contributed by atoms with van der Waals surface area (Å²) in [7, 11) is -4.17. The molecule has 9 heteroatoms. The minimum atomic E-state index is -4.17. The highest BCUT2D eigenvalue weighted by molar-refractivity contribution is 7.87. The highest BCUT2D eigenvalue weighted by Gasteiger charge is 2.60. The van der Waals surface area contributed by atoms with E-state index < -0.39 is 40.0 Å². The monoisotopic (exact) mass is 540 g/mol. The van der Waals surface area contributed by atoms with Crippen LogP contribution < -0.4 is 14.1 Å². The van der Waals surface area contributed by atoms with Crippen molar-refractivity contribution in [3.05, 3.63) is 120 Å². The van der Waals surface area contributed by atoms with Crippen LogP contribution in [-0.2, 0) is 24.5 Å². The molecule has 39 heavy (non-hydrogen) atoms. The summed E-state index contributed by atoms with van der Waals surface area (Å²) in [6.07, 6.45) is -1.10. The molecule has 0 aromatic heterocycles. The van der Waals surface area contributed by atoms with E-state index in [-0.39, 0.29) is 10.6 Å². The number of imide groups is 1. The third-order valence-corrected chi connectivity index (χ3v) is 8.10. The van der Waals surface area contributed by atoms with Gasteiger partial charge >= 0.3 is 10.1 Å². The van der Waals surface area contributed by atoms with Gasteiger partial charge in [0.2, 0.25) is 5.91 Å². The highest BCUT2D eigenvalue weighted by Crippen LogP contribution is 2.49. The van der Waals surface area contributed by atoms with Crippen molar-refractivity contribution in [2.45, 2.75) is 24.0 Å². The van der Waals surface area contributed by atoms with Crippen LogP contribution in [0.5, 0.6) is 5.75 Å². The van der Waals surface area contributed by atoms with E-state index in [9.17, 15) is 18.0 Å². The third kappa shape index (κ3) is 4.35. The van der Waals surface area contributed by atoms with E-state index in [4.69, 9.17) is 9.02 Å². The van der Waals surface area contributed by atoms with Gasteiger partial charge in [0.25, 0.3) is 5.91 Å². The van der Waals surface area contributed by atoms with Gasteiger partial charge in [0.1, 0.15) is 16.6 Å². The number of amides is 2. The molecule has 0 saturated carbocycles. The summed E-state index contributed by atoms with van der Waals surface area (Å²) in [4.78, 5) is 34.9. The van der Waals surface area contributed by atoms with Crippen LogP contribution in [0.15, 0.2) is 114 Å². The molecule has 2 saturated heterocycles. The fourth-order valence-electron chi connectivity index (χ4n) is 5.10. The number of hydrogen-bond acceptors (Lipinski definition) is 7. The first kappa shape index (κ1) is 24.8. The normalized spacial score (nSPS) is 20.8. The first-order valence-corrected chi connectivity index (χ1v) is 13.8. The Balaban J connectivity index is 1.45. The Morgan fingerprint density at radius 2 is 1.38 bits per heavy atom. The molecule has 0 unspecified atom stereocenters. The van der Waals surface area contributed by atoms with E-state index in [0.717, 1.165) is 10.5 Å². The summed E-state index contributed by atoms with van der Waals surface area (Å²) in [6.45, 7) is 1.88.